The van der Waals surface area contributed by atoms with Crippen LogP contribution >= 0.6 is 0 Å². The van der Waals surface area contributed by atoms with Gasteiger partial charge < -0.3 is 14.8 Å². The first-order valence-corrected chi connectivity index (χ1v) is 8.65. The summed E-state index contributed by atoms with van der Waals surface area (Å²) in [5.74, 6) is -0.314. The van der Waals surface area contributed by atoms with E-state index >= 15 is 0 Å². The van der Waals surface area contributed by atoms with E-state index in [9.17, 15) is 9.59 Å². The van der Waals surface area contributed by atoms with E-state index in [-0.39, 0.29) is 0 Å². The third-order valence-electron chi connectivity index (χ3n) is 3.80. The summed E-state index contributed by atoms with van der Waals surface area (Å²) in [7, 11) is 0. The van der Waals surface area contributed by atoms with E-state index in [1.165, 1.54) is 17.9 Å². The number of aromatic nitrogens is 4. The number of esters is 1. The van der Waals surface area contributed by atoms with E-state index < -0.39 is 18.0 Å². The van der Waals surface area contributed by atoms with Crippen LogP contribution < -0.4 is 10.1 Å². The molecule has 0 saturated carbocycles. The van der Waals surface area contributed by atoms with Crippen LogP contribution in [0, 0.1) is 0 Å². The lowest BCUT2D eigenvalue weighted by Crippen LogP contribution is -2.30. The van der Waals surface area contributed by atoms with Crippen LogP contribution in [0.5, 0.6) is 5.75 Å². The number of tetrazole rings is 1. The third kappa shape index (κ3) is 4.70. The minimum absolute atomic E-state index is 0.317. The number of anilines is 1. The van der Waals surface area contributed by atoms with E-state index in [2.05, 4.69) is 20.8 Å². The van der Waals surface area contributed by atoms with Crippen LogP contribution in [0.15, 0.2) is 54.9 Å². The van der Waals surface area contributed by atoms with Gasteiger partial charge in [-0.2, -0.15) is 0 Å². The van der Waals surface area contributed by atoms with Crippen molar-refractivity contribution in [2.75, 3.05) is 11.9 Å². The Labute approximate surface area is 161 Å². The first-order valence-electron chi connectivity index (χ1n) is 8.65. The molecule has 28 heavy (non-hydrogen) atoms. The number of hydrogen-bond donors (Lipinski definition) is 1. The van der Waals surface area contributed by atoms with E-state index in [1.807, 2.05) is 6.92 Å². The summed E-state index contributed by atoms with van der Waals surface area (Å²) >= 11 is 0. The number of benzene rings is 2. The average molecular weight is 381 g/mol. The van der Waals surface area contributed by atoms with Gasteiger partial charge in [0.1, 0.15) is 12.1 Å². The molecule has 1 atom stereocenters. The molecule has 3 aromatic rings. The topological polar surface area (TPSA) is 108 Å². The van der Waals surface area contributed by atoms with Gasteiger partial charge in [-0.25, -0.2) is 9.48 Å². The third-order valence-corrected chi connectivity index (χ3v) is 3.80. The Bertz CT molecular complexity index is 924. The molecule has 0 fully saturated rings. The number of rotatable bonds is 7. The first kappa shape index (κ1) is 19.0. The minimum Gasteiger partial charge on any atom is -0.494 e. The summed E-state index contributed by atoms with van der Waals surface area (Å²) in [5, 5.41) is 13.6. The van der Waals surface area contributed by atoms with Gasteiger partial charge >= 0.3 is 5.97 Å². The van der Waals surface area contributed by atoms with Gasteiger partial charge in [-0.3, -0.25) is 4.79 Å². The number of nitrogens with one attached hydrogen (secondary N) is 1. The number of amides is 1. The Morgan fingerprint density at radius 1 is 1.11 bits per heavy atom. The summed E-state index contributed by atoms with van der Waals surface area (Å²) in [6.07, 6.45) is 0.485. The van der Waals surface area contributed by atoms with Gasteiger partial charge in [-0.1, -0.05) is 0 Å². The summed E-state index contributed by atoms with van der Waals surface area (Å²) in [5.41, 5.74) is 1.60. The second-order valence-corrected chi connectivity index (χ2v) is 5.80. The average Bonchev–Trinajstić information content (AvgIpc) is 3.24. The highest BCUT2D eigenvalue weighted by atomic mass is 16.5. The molecule has 3 rings (SSSR count). The lowest BCUT2D eigenvalue weighted by atomic mass is 10.2. The van der Waals surface area contributed by atoms with Crippen molar-refractivity contribution >= 4 is 17.6 Å². The predicted octanol–water partition coefficient (Wildman–Crippen LogP) is 2.25. The zero-order valence-electron chi connectivity index (χ0n) is 15.4. The lowest BCUT2D eigenvalue weighted by molar-refractivity contribution is -0.123. The molecule has 2 aromatic carbocycles. The Kier molecular flexibility index (Phi) is 5.95. The second kappa shape index (κ2) is 8.76. The number of carbonyl (C=O) groups excluding carboxylic acids is 2. The van der Waals surface area contributed by atoms with Crippen LogP contribution in [0.3, 0.4) is 0 Å². The van der Waals surface area contributed by atoms with Gasteiger partial charge in [0.15, 0.2) is 6.10 Å². The van der Waals surface area contributed by atoms with Gasteiger partial charge in [0.05, 0.1) is 17.9 Å². The fourth-order valence-electron chi connectivity index (χ4n) is 2.36. The molecule has 0 aliphatic heterocycles. The highest BCUT2D eigenvalue weighted by Crippen LogP contribution is 2.16. The van der Waals surface area contributed by atoms with Gasteiger partial charge in [0.2, 0.25) is 0 Å². The SMILES string of the molecule is CCOc1ccc(NC(=O)[C@@H](C)OC(=O)c2ccc(-n3cnnn3)cc2)cc1. The molecule has 0 saturated heterocycles. The quantitative estimate of drug-likeness (QED) is 0.625. The van der Waals surface area contributed by atoms with E-state index in [4.69, 9.17) is 9.47 Å². The number of hydrogen-bond acceptors (Lipinski definition) is 7. The van der Waals surface area contributed by atoms with Crippen LogP contribution in [0.4, 0.5) is 5.69 Å². The predicted molar refractivity (Wildman–Crippen MR) is 100 cm³/mol. The van der Waals surface area contributed by atoms with Crippen molar-refractivity contribution in [2.24, 2.45) is 0 Å². The number of ether oxygens (including phenoxy) is 2. The van der Waals surface area contributed by atoms with Crippen LogP contribution in [-0.2, 0) is 9.53 Å². The monoisotopic (exact) mass is 381 g/mol. The standard InChI is InChI=1S/C19H19N5O4/c1-3-27-17-10-6-15(7-11-17)21-18(25)13(2)28-19(26)14-4-8-16(9-5-14)24-12-20-22-23-24/h4-13H,3H2,1-2H3,(H,21,25)/t13-/m1/s1. The summed E-state index contributed by atoms with van der Waals surface area (Å²) in [4.78, 5) is 24.5. The molecule has 1 amide bonds. The van der Waals surface area contributed by atoms with Crippen molar-refractivity contribution in [3.8, 4) is 11.4 Å². The highest BCUT2D eigenvalue weighted by molar-refractivity contribution is 5.97. The second-order valence-electron chi connectivity index (χ2n) is 5.80. The molecule has 144 valence electrons. The molecular weight excluding hydrogens is 362 g/mol. The summed E-state index contributed by atoms with van der Waals surface area (Å²) in [6.45, 7) is 3.97. The summed E-state index contributed by atoms with van der Waals surface area (Å²) in [6, 6.07) is 13.5. The molecule has 1 N–H and O–H groups in total. The highest BCUT2D eigenvalue weighted by Gasteiger charge is 2.19. The van der Waals surface area contributed by atoms with Gasteiger partial charge in [0, 0.05) is 5.69 Å². The molecule has 0 bridgehead atoms. The lowest BCUT2D eigenvalue weighted by Gasteiger charge is -2.14. The maximum absolute atomic E-state index is 12.3. The van der Waals surface area contributed by atoms with Crippen molar-refractivity contribution in [1.82, 2.24) is 20.2 Å². The summed E-state index contributed by atoms with van der Waals surface area (Å²) < 4.78 is 12.1. The van der Waals surface area contributed by atoms with Crippen molar-refractivity contribution in [3.63, 3.8) is 0 Å². The molecule has 1 heterocycles. The zero-order valence-corrected chi connectivity index (χ0v) is 15.4. The molecule has 0 radical (unpaired) electrons. The van der Waals surface area contributed by atoms with Crippen molar-refractivity contribution < 1.29 is 19.1 Å². The van der Waals surface area contributed by atoms with Crippen molar-refractivity contribution in [1.29, 1.82) is 0 Å². The Morgan fingerprint density at radius 2 is 1.82 bits per heavy atom. The molecule has 0 unspecified atom stereocenters. The molecule has 0 aliphatic rings. The number of carbonyl (C=O) groups is 2. The maximum atomic E-state index is 12.3. The Morgan fingerprint density at radius 3 is 2.43 bits per heavy atom. The molecule has 0 aliphatic carbocycles. The fourth-order valence-corrected chi connectivity index (χ4v) is 2.36. The van der Waals surface area contributed by atoms with Gasteiger partial charge in [0.25, 0.3) is 5.91 Å². The fraction of sp³-hybridized carbons (Fsp3) is 0.211. The smallest absolute Gasteiger partial charge is 0.338 e. The maximum Gasteiger partial charge on any atom is 0.338 e. The Hall–Kier alpha value is -3.75. The van der Waals surface area contributed by atoms with Crippen LogP contribution in [0.1, 0.15) is 24.2 Å². The van der Waals surface area contributed by atoms with Crippen molar-refractivity contribution in [2.45, 2.75) is 20.0 Å². The zero-order chi connectivity index (χ0) is 19.9. The van der Waals surface area contributed by atoms with Crippen molar-refractivity contribution in [3.05, 3.63) is 60.4 Å². The molecule has 0 spiro atoms. The Balaban J connectivity index is 1.56. The number of nitrogens with zero attached hydrogens (tertiary/aromatic N) is 4. The first-order chi connectivity index (χ1) is 13.6. The van der Waals surface area contributed by atoms with E-state index in [0.717, 1.165) is 0 Å². The van der Waals surface area contributed by atoms with Crippen LogP contribution in [0.25, 0.3) is 5.69 Å². The molecular formula is C19H19N5O4. The van der Waals surface area contributed by atoms with E-state index in [0.29, 0.717) is 29.3 Å². The molecule has 9 heteroatoms. The van der Waals surface area contributed by atoms with Gasteiger partial charge in [-0.05, 0) is 72.8 Å². The van der Waals surface area contributed by atoms with Gasteiger partial charge in [-0.15, -0.1) is 5.10 Å². The van der Waals surface area contributed by atoms with Crippen LogP contribution in [0.2, 0.25) is 0 Å². The largest absolute Gasteiger partial charge is 0.494 e. The normalized spacial score (nSPS) is 11.5. The minimum atomic E-state index is -0.960. The van der Waals surface area contributed by atoms with Crippen LogP contribution in [-0.4, -0.2) is 44.8 Å². The van der Waals surface area contributed by atoms with E-state index in [1.54, 1.807) is 48.5 Å². The molecule has 9 nitrogen and oxygen atoms in total. The molecule has 1 aromatic heterocycles.